The van der Waals surface area contributed by atoms with Crippen molar-refractivity contribution in [1.82, 2.24) is 0 Å². The highest BCUT2D eigenvalue weighted by Gasteiger charge is 2.19. The van der Waals surface area contributed by atoms with Crippen molar-refractivity contribution in [2.75, 3.05) is 5.32 Å². The lowest BCUT2D eigenvalue weighted by Gasteiger charge is -2.10. The number of carbonyl (C=O) groups is 1. The SMILES string of the molecule is NS(=O)(=O)c1cc2c(cc1Cl)CCCC(=O)N2. The average Bonchev–Trinajstić information content (AvgIpc) is 2.36. The van der Waals surface area contributed by atoms with Gasteiger partial charge in [-0.2, -0.15) is 0 Å². The van der Waals surface area contributed by atoms with Gasteiger partial charge in [0.25, 0.3) is 0 Å². The maximum atomic E-state index is 11.4. The van der Waals surface area contributed by atoms with Crippen LogP contribution in [0.15, 0.2) is 17.0 Å². The van der Waals surface area contributed by atoms with E-state index in [1.807, 2.05) is 0 Å². The van der Waals surface area contributed by atoms with Gasteiger partial charge in [-0.3, -0.25) is 4.79 Å². The lowest BCUT2D eigenvalue weighted by atomic mass is 10.1. The van der Waals surface area contributed by atoms with Gasteiger partial charge in [0.1, 0.15) is 4.90 Å². The summed E-state index contributed by atoms with van der Waals surface area (Å²) in [5.74, 6) is -0.133. The number of anilines is 1. The number of nitrogens with two attached hydrogens (primary N) is 1. The minimum absolute atomic E-state index is 0.0856. The predicted molar refractivity (Wildman–Crippen MR) is 64.4 cm³/mol. The Morgan fingerprint density at radius 3 is 2.65 bits per heavy atom. The lowest BCUT2D eigenvalue weighted by molar-refractivity contribution is -0.116. The van der Waals surface area contributed by atoms with Crippen molar-refractivity contribution in [3.05, 3.63) is 22.7 Å². The van der Waals surface area contributed by atoms with Crippen molar-refractivity contribution in [1.29, 1.82) is 0 Å². The zero-order valence-corrected chi connectivity index (χ0v) is 10.4. The Bertz CT molecular complexity index is 583. The molecule has 0 unspecified atom stereocenters. The van der Waals surface area contributed by atoms with Crippen LogP contribution < -0.4 is 10.5 Å². The Morgan fingerprint density at radius 2 is 2.00 bits per heavy atom. The first-order valence-corrected chi connectivity index (χ1v) is 6.95. The molecule has 0 radical (unpaired) electrons. The molecule has 1 aromatic rings. The Balaban J connectivity index is 2.58. The fraction of sp³-hybridized carbons (Fsp3) is 0.300. The topological polar surface area (TPSA) is 89.3 Å². The quantitative estimate of drug-likeness (QED) is 0.808. The van der Waals surface area contributed by atoms with E-state index in [4.69, 9.17) is 16.7 Å². The average molecular weight is 275 g/mol. The summed E-state index contributed by atoms with van der Waals surface area (Å²) >= 11 is 5.86. The van der Waals surface area contributed by atoms with Crippen LogP contribution in [0.5, 0.6) is 0 Å². The van der Waals surface area contributed by atoms with Gasteiger partial charge in [0.15, 0.2) is 0 Å². The van der Waals surface area contributed by atoms with Crippen LogP contribution in [0.4, 0.5) is 5.69 Å². The van der Waals surface area contributed by atoms with Crippen molar-refractivity contribution in [3.63, 3.8) is 0 Å². The summed E-state index contributed by atoms with van der Waals surface area (Å²) in [6, 6.07) is 2.86. The largest absolute Gasteiger partial charge is 0.326 e. The number of primary sulfonamides is 1. The van der Waals surface area contributed by atoms with Crippen molar-refractivity contribution >= 4 is 33.2 Å². The summed E-state index contributed by atoms with van der Waals surface area (Å²) in [6.45, 7) is 0. The molecule has 1 aliphatic heterocycles. The number of sulfonamides is 1. The standard InChI is InChI=1S/C10H11ClN2O3S/c11-7-4-6-2-1-3-10(14)13-8(6)5-9(7)17(12,15)16/h4-5H,1-3H2,(H,13,14)(H2,12,15,16). The maximum Gasteiger partial charge on any atom is 0.239 e. The zero-order chi connectivity index (χ0) is 12.6. The van der Waals surface area contributed by atoms with Gasteiger partial charge in [0.2, 0.25) is 15.9 Å². The first-order chi connectivity index (χ1) is 7.88. The molecule has 0 bridgehead atoms. The Labute approximate surface area is 104 Å². The van der Waals surface area contributed by atoms with E-state index in [9.17, 15) is 13.2 Å². The lowest BCUT2D eigenvalue weighted by Crippen LogP contribution is -2.15. The number of hydrogen-bond acceptors (Lipinski definition) is 3. The Hall–Kier alpha value is -1.11. The molecule has 2 rings (SSSR count). The molecule has 0 aliphatic carbocycles. The van der Waals surface area contributed by atoms with Gasteiger partial charge >= 0.3 is 0 Å². The van der Waals surface area contributed by atoms with Crippen LogP contribution in [-0.2, 0) is 21.2 Å². The first-order valence-electron chi connectivity index (χ1n) is 5.03. The monoisotopic (exact) mass is 274 g/mol. The van der Waals surface area contributed by atoms with Crippen LogP contribution in [0.25, 0.3) is 0 Å². The Kier molecular flexibility index (Phi) is 3.11. The number of benzene rings is 1. The summed E-state index contributed by atoms with van der Waals surface area (Å²) in [5.41, 5.74) is 1.30. The van der Waals surface area contributed by atoms with Gasteiger partial charge in [0.05, 0.1) is 5.02 Å². The number of nitrogens with one attached hydrogen (secondary N) is 1. The summed E-state index contributed by atoms with van der Waals surface area (Å²) < 4.78 is 22.6. The van der Waals surface area contributed by atoms with E-state index < -0.39 is 10.0 Å². The van der Waals surface area contributed by atoms with Crippen LogP contribution >= 0.6 is 11.6 Å². The molecule has 0 aromatic heterocycles. The smallest absolute Gasteiger partial charge is 0.239 e. The van der Waals surface area contributed by atoms with Gasteiger partial charge in [-0.1, -0.05) is 11.6 Å². The third-order valence-corrected chi connectivity index (χ3v) is 3.96. The Morgan fingerprint density at radius 1 is 1.29 bits per heavy atom. The number of halogens is 1. The molecule has 3 N–H and O–H groups in total. The van der Waals surface area contributed by atoms with E-state index in [-0.39, 0.29) is 15.8 Å². The number of hydrogen-bond donors (Lipinski definition) is 2. The number of amides is 1. The van der Waals surface area contributed by atoms with E-state index in [1.54, 1.807) is 6.07 Å². The van der Waals surface area contributed by atoms with Crippen molar-refractivity contribution < 1.29 is 13.2 Å². The molecule has 92 valence electrons. The van der Waals surface area contributed by atoms with E-state index in [1.165, 1.54) is 6.07 Å². The normalized spacial score (nSPS) is 16.0. The van der Waals surface area contributed by atoms with Crippen molar-refractivity contribution in [2.45, 2.75) is 24.2 Å². The van der Waals surface area contributed by atoms with Crippen LogP contribution in [-0.4, -0.2) is 14.3 Å². The van der Waals surface area contributed by atoms with Gasteiger partial charge in [-0.25, -0.2) is 13.6 Å². The molecule has 0 atom stereocenters. The number of carbonyl (C=O) groups excluding carboxylic acids is 1. The van der Waals surface area contributed by atoms with Gasteiger partial charge in [-0.15, -0.1) is 0 Å². The molecule has 7 heteroatoms. The fourth-order valence-corrected chi connectivity index (χ4v) is 2.91. The van der Waals surface area contributed by atoms with E-state index >= 15 is 0 Å². The second kappa shape index (κ2) is 4.29. The summed E-state index contributed by atoms with van der Waals surface area (Å²) in [6.07, 6.45) is 1.81. The zero-order valence-electron chi connectivity index (χ0n) is 8.86. The minimum atomic E-state index is -3.88. The summed E-state index contributed by atoms with van der Waals surface area (Å²) in [4.78, 5) is 11.2. The first kappa shape index (κ1) is 12.3. The molecule has 0 saturated carbocycles. The van der Waals surface area contributed by atoms with E-state index in [0.29, 0.717) is 24.9 Å². The number of fused-ring (bicyclic) bond motifs is 1. The molecule has 0 saturated heterocycles. The predicted octanol–water partition coefficient (Wildman–Crippen LogP) is 1.26. The van der Waals surface area contributed by atoms with Crippen LogP contribution in [0.1, 0.15) is 18.4 Å². The third-order valence-electron chi connectivity index (χ3n) is 2.59. The highest BCUT2D eigenvalue weighted by molar-refractivity contribution is 7.89. The molecule has 1 amide bonds. The summed E-state index contributed by atoms with van der Waals surface area (Å²) in [7, 11) is -3.88. The second-order valence-corrected chi connectivity index (χ2v) is 5.82. The van der Waals surface area contributed by atoms with Gasteiger partial charge in [-0.05, 0) is 30.5 Å². The minimum Gasteiger partial charge on any atom is -0.326 e. The molecule has 17 heavy (non-hydrogen) atoms. The van der Waals surface area contributed by atoms with E-state index in [2.05, 4.69) is 5.32 Å². The van der Waals surface area contributed by atoms with Crippen LogP contribution in [0, 0.1) is 0 Å². The molecule has 0 spiro atoms. The van der Waals surface area contributed by atoms with Crippen LogP contribution in [0.2, 0.25) is 5.02 Å². The van der Waals surface area contributed by atoms with Gasteiger partial charge < -0.3 is 5.32 Å². The van der Waals surface area contributed by atoms with Crippen molar-refractivity contribution in [2.24, 2.45) is 5.14 Å². The third kappa shape index (κ3) is 2.59. The van der Waals surface area contributed by atoms with Gasteiger partial charge in [0, 0.05) is 12.1 Å². The van der Waals surface area contributed by atoms with E-state index in [0.717, 1.165) is 5.56 Å². The molecule has 1 aromatic carbocycles. The highest BCUT2D eigenvalue weighted by atomic mass is 35.5. The highest BCUT2D eigenvalue weighted by Crippen LogP contribution is 2.30. The fourth-order valence-electron chi connectivity index (χ4n) is 1.79. The van der Waals surface area contributed by atoms with Crippen LogP contribution in [0.3, 0.4) is 0 Å². The molecule has 1 aliphatic rings. The molecule has 1 heterocycles. The second-order valence-electron chi connectivity index (χ2n) is 3.89. The number of aryl methyl sites for hydroxylation is 1. The summed E-state index contributed by atoms with van der Waals surface area (Å²) in [5, 5.41) is 7.77. The molecular weight excluding hydrogens is 264 g/mol. The molecular formula is C10H11ClN2O3S. The van der Waals surface area contributed by atoms with Crippen molar-refractivity contribution in [3.8, 4) is 0 Å². The molecule has 5 nitrogen and oxygen atoms in total. The number of rotatable bonds is 1. The maximum absolute atomic E-state index is 11.4. The molecule has 0 fully saturated rings.